The van der Waals surface area contributed by atoms with Crippen molar-refractivity contribution in [1.82, 2.24) is 5.32 Å². The van der Waals surface area contributed by atoms with Gasteiger partial charge < -0.3 is 4.74 Å². The second-order valence-electron chi connectivity index (χ2n) is 5.07. The average Bonchev–Trinajstić information content (AvgIpc) is 2.40. The van der Waals surface area contributed by atoms with Crippen molar-refractivity contribution < 1.29 is 19.7 Å². The highest BCUT2D eigenvalue weighted by molar-refractivity contribution is 6.30. The fourth-order valence-corrected chi connectivity index (χ4v) is 1.51. The maximum absolute atomic E-state index is 11.5. The van der Waals surface area contributed by atoms with Gasteiger partial charge in [-0.05, 0) is 38.5 Å². The first-order valence-corrected chi connectivity index (χ1v) is 7.22. The summed E-state index contributed by atoms with van der Waals surface area (Å²) in [4.78, 5) is 15.8. The first kappa shape index (κ1) is 19.7. The Morgan fingerprint density at radius 2 is 1.81 bits per heavy atom. The molecule has 0 aliphatic rings. The van der Waals surface area contributed by atoms with Crippen LogP contribution < -0.4 is 5.32 Å². The van der Waals surface area contributed by atoms with Crippen LogP contribution in [0.15, 0.2) is 24.3 Å². The molecule has 0 bridgehead atoms. The third-order valence-corrected chi connectivity index (χ3v) is 2.39. The van der Waals surface area contributed by atoms with Crippen LogP contribution in [0.25, 0.3) is 0 Å². The van der Waals surface area contributed by atoms with Crippen molar-refractivity contribution in [2.45, 2.75) is 52.9 Å². The van der Waals surface area contributed by atoms with Crippen LogP contribution in [0.3, 0.4) is 0 Å². The molecule has 0 saturated heterocycles. The van der Waals surface area contributed by atoms with Gasteiger partial charge in [-0.25, -0.2) is 14.9 Å². The van der Waals surface area contributed by atoms with Crippen LogP contribution in [0.4, 0.5) is 4.79 Å². The minimum atomic E-state index is -0.879. The highest BCUT2D eigenvalue weighted by Gasteiger charge is 2.20. The standard InChI is InChI=1S/C13H18ClNO4.C2H6/c1-13(2,3)18-12(16)15-11(19-17)8-9-4-6-10(14)7-5-9;1-2/h4-7,11,17H,8H2,1-3H3,(H,15,16);1-2H3. The molecule has 0 heterocycles. The van der Waals surface area contributed by atoms with Gasteiger partial charge in [0.25, 0.3) is 0 Å². The Bertz CT molecular complexity index is 415. The highest BCUT2D eigenvalue weighted by atomic mass is 35.5. The summed E-state index contributed by atoms with van der Waals surface area (Å²) in [6.07, 6.45) is -1.23. The molecule has 1 aromatic carbocycles. The number of carbonyl (C=O) groups excluding carboxylic acids is 1. The highest BCUT2D eigenvalue weighted by Crippen LogP contribution is 2.12. The number of nitrogens with one attached hydrogen (secondary N) is 1. The van der Waals surface area contributed by atoms with E-state index >= 15 is 0 Å². The van der Waals surface area contributed by atoms with Crippen molar-refractivity contribution in [1.29, 1.82) is 0 Å². The van der Waals surface area contributed by atoms with Crippen molar-refractivity contribution in [2.24, 2.45) is 0 Å². The SMILES string of the molecule is CC.CC(C)(C)OC(=O)NC(Cc1ccc(Cl)cc1)OO. The van der Waals surface area contributed by atoms with Crippen molar-refractivity contribution in [3.63, 3.8) is 0 Å². The third-order valence-electron chi connectivity index (χ3n) is 2.14. The van der Waals surface area contributed by atoms with E-state index in [1.807, 2.05) is 13.8 Å². The molecular formula is C15H24ClNO4. The zero-order valence-electron chi connectivity index (χ0n) is 13.1. The van der Waals surface area contributed by atoms with E-state index in [2.05, 4.69) is 10.2 Å². The second-order valence-corrected chi connectivity index (χ2v) is 5.51. The number of alkyl carbamates (subject to hydrolysis) is 1. The van der Waals surface area contributed by atoms with Crippen LogP contribution in [0.1, 0.15) is 40.2 Å². The third kappa shape index (κ3) is 9.28. The molecule has 0 radical (unpaired) electrons. The molecule has 1 rings (SSSR count). The van der Waals surface area contributed by atoms with Crippen LogP contribution in [0.5, 0.6) is 0 Å². The smallest absolute Gasteiger partial charge is 0.409 e. The number of hydrogen-bond donors (Lipinski definition) is 2. The Morgan fingerprint density at radius 1 is 1.29 bits per heavy atom. The van der Waals surface area contributed by atoms with E-state index in [0.717, 1.165) is 5.56 Å². The predicted octanol–water partition coefficient (Wildman–Crippen LogP) is 4.25. The lowest BCUT2D eigenvalue weighted by atomic mass is 10.1. The molecule has 2 N–H and O–H groups in total. The van der Waals surface area contributed by atoms with Crippen LogP contribution in [0.2, 0.25) is 5.02 Å². The largest absolute Gasteiger partial charge is 0.444 e. The Morgan fingerprint density at radius 3 is 2.24 bits per heavy atom. The van der Waals surface area contributed by atoms with E-state index in [4.69, 9.17) is 21.6 Å². The number of halogens is 1. The molecule has 0 aliphatic heterocycles. The van der Waals surface area contributed by atoms with Crippen molar-refractivity contribution >= 4 is 17.7 Å². The van der Waals surface area contributed by atoms with Crippen LogP contribution in [0, 0.1) is 0 Å². The Balaban J connectivity index is 0.00000191. The summed E-state index contributed by atoms with van der Waals surface area (Å²) in [5.74, 6) is 0. The fourth-order valence-electron chi connectivity index (χ4n) is 1.39. The van der Waals surface area contributed by atoms with Crippen LogP contribution in [-0.2, 0) is 16.0 Å². The Labute approximate surface area is 131 Å². The molecular weight excluding hydrogens is 294 g/mol. The lowest BCUT2D eigenvalue weighted by Gasteiger charge is -2.22. The van der Waals surface area contributed by atoms with Crippen LogP contribution >= 0.6 is 11.6 Å². The van der Waals surface area contributed by atoms with Crippen LogP contribution in [-0.4, -0.2) is 23.2 Å². The lowest BCUT2D eigenvalue weighted by molar-refractivity contribution is -0.283. The average molecular weight is 318 g/mol. The summed E-state index contributed by atoms with van der Waals surface area (Å²) >= 11 is 5.77. The van der Waals surface area contributed by atoms with Gasteiger partial charge in [-0.3, -0.25) is 5.32 Å². The van der Waals surface area contributed by atoms with Gasteiger partial charge in [0.2, 0.25) is 0 Å². The van der Waals surface area contributed by atoms with Gasteiger partial charge in [-0.15, -0.1) is 0 Å². The zero-order chi connectivity index (χ0) is 16.5. The van der Waals surface area contributed by atoms with E-state index < -0.39 is 17.9 Å². The summed E-state index contributed by atoms with van der Waals surface area (Å²) in [5, 5.41) is 11.8. The number of carbonyl (C=O) groups is 1. The molecule has 0 aliphatic carbocycles. The second kappa shape index (κ2) is 9.60. The summed E-state index contributed by atoms with van der Waals surface area (Å²) in [7, 11) is 0. The molecule has 1 aromatic rings. The number of ether oxygens (including phenoxy) is 1. The normalized spacial score (nSPS) is 12.0. The van der Waals surface area contributed by atoms with Crippen molar-refractivity contribution in [3.8, 4) is 0 Å². The molecule has 6 heteroatoms. The van der Waals surface area contributed by atoms with Gasteiger partial charge in [-0.2, -0.15) is 0 Å². The summed E-state index contributed by atoms with van der Waals surface area (Å²) in [6, 6.07) is 7.01. The number of amides is 1. The van der Waals surface area contributed by atoms with E-state index in [1.54, 1.807) is 45.0 Å². The van der Waals surface area contributed by atoms with Gasteiger partial charge in [0, 0.05) is 11.4 Å². The van der Waals surface area contributed by atoms with Gasteiger partial charge >= 0.3 is 6.09 Å². The molecule has 0 aromatic heterocycles. The van der Waals surface area contributed by atoms with Gasteiger partial charge in [-0.1, -0.05) is 37.6 Å². The Kier molecular flexibility index (Phi) is 9.01. The zero-order valence-corrected chi connectivity index (χ0v) is 13.9. The topological polar surface area (TPSA) is 67.8 Å². The monoisotopic (exact) mass is 317 g/mol. The number of rotatable bonds is 4. The first-order valence-electron chi connectivity index (χ1n) is 6.84. The summed E-state index contributed by atoms with van der Waals surface area (Å²) in [6.45, 7) is 9.25. The molecule has 5 nitrogen and oxygen atoms in total. The van der Waals surface area contributed by atoms with E-state index in [0.29, 0.717) is 11.4 Å². The molecule has 21 heavy (non-hydrogen) atoms. The summed E-state index contributed by atoms with van der Waals surface area (Å²) < 4.78 is 5.06. The van der Waals surface area contributed by atoms with E-state index in [1.165, 1.54) is 0 Å². The van der Waals surface area contributed by atoms with E-state index in [9.17, 15) is 4.79 Å². The molecule has 0 saturated carbocycles. The summed E-state index contributed by atoms with van der Waals surface area (Å²) in [5.41, 5.74) is 0.254. The molecule has 1 amide bonds. The maximum atomic E-state index is 11.5. The van der Waals surface area contributed by atoms with E-state index in [-0.39, 0.29) is 0 Å². The molecule has 1 atom stereocenters. The van der Waals surface area contributed by atoms with Crippen molar-refractivity contribution in [3.05, 3.63) is 34.9 Å². The van der Waals surface area contributed by atoms with Gasteiger partial charge in [0.05, 0.1) is 0 Å². The van der Waals surface area contributed by atoms with Crippen molar-refractivity contribution in [2.75, 3.05) is 0 Å². The van der Waals surface area contributed by atoms with Gasteiger partial charge in [0.15, 0.2) is 6.23 Å². The molecule has 1 unspecified atom stereocenters. The molecule has 0 spiro atoms. The fraction of sp³-hybridized carbons (Fsp3) is 0.533. The lowest BCUT2D eigenvalue weighted by Crippen LogP contribution is -2.41. The maximum Gasteiger partial charge on any atom is 0.409 e. The minimum absolute atomic E-state index is 0.299. The number of hydrogen-bond acceptors (Lipinski definition) is 4. The number of benzene rings is 1. The molecule has 120 valence electrons. The Hall–Kier alpha value is -1.30. The van der Waals surface area contributed by atoms with Gasteiger partial charge in [0.1, 0.15) is 5.60 Å². The quantitative estimate of drug-likeness (QED) is 0.495. The minimum Gasteiger partial charge on any atom is -0.444 e. The predicted molar refractivity (Wildman–Crippen MR) is 83.4 cm³/mol. The first-order chi connectivity index (χ1) is 9.80. The molecule has 0 fully saturated rings.